The fourth-order valence-electron chi connectivity index (χ4n) is 1.66. The summed E-state index contributed by atoms with van der Waals surface area (Å²) in [4.78, 5) is 57.7. The summed E-state index contributed by atoms with van der Waals surface area (Å²) in [6, 6.07) is 0. The van der Waals surface area contributed by atoms with Gasteiger partial charge in [0.05, 0.1) is 0 Å². The van der Waals surface area contributed by atoms with E-state index in [1.807, 2.05) is 19.0 Å². The molecule has 0 aliphatic heterocycles. The van der Waals surface area contributed by atoms with Crippen LogP contribution in [-0.4, -0.2) is 74.3 Å². The summed E-state index contributed by atoms with van der Waals surface area (Å²) in [6.07, 6.45) is -1.70. The molecule has 0 heterocycles. The van der Waals surface area contributed by atoms with Crippen LogP contribution in [0.4, 0.5) is 0 Å². The second-order valence-corrected chi connectivity index (χ2v) is 5.67. The molecule has 144 valence electrons. The minimum absolute atomic E-state index is 0.110. The average molecular weight is 369 g/mol. The summed E-state index contributed by atoms with van der Waals surface area (Å²) in [6.45, 7) is 9.52. The molecule has 0 aromatic carbocycles. The molecule has 0 bridgehead atoms. The average Bonchev–Trinajstić information content (AvgIpc) is 2.48. The van der Waals surface area contributed by atoms with E-state index in [1.165, 1.54) is 0 Å². The summed E-state index contributed by atoms with van der Waals surface area (Å²) in [5.41, 5.74) is 0. The Morgan fingerprint density at radius 1 is 0.846 bits per heavy atom. The fraction of sp³-hybridized carbons (Fsp3) is 0.588. The van der Waals surface area contributed by atoms with Crippen LogP contribution in [0.1, 0.15) is 25.7 Å². The number of hydrogen-bond donors (Lipinski definition) is 0. The smallest absolute Gasteiger partial charge is 0.313 e. The molecular formula is C17H23NO8. The van der Waals surface area contributed by atoms with E-state index in [4.69, 9.17) is 28.1 Å². The van der Waals surface area contributed by atoms with Crippen LogP contribution < -0.4 is 0 Å². The van der Waals surface area contributed by atoms with Crippen LogP contribution in [0.25, 0.3) is 0 Å². The Morgan fingerprint density at radius 3 is 1.69 bits per heavy atom. The lowest BCUT2D eigenvalue weighted by atomic mass is 10.3. The molecule has 0 atom stereocenters. The molecule has 0 spiro atoms. The molecule has 0 N–H and O–H groups in total. The summed E-state index contributed by atoms with van der Waals surface area (Å²) < 4.78 is 14.6. The van der Waals surface area contributed by atoms with Crippen molar-refractivity contribution in [2.24, 2.45) is 0 Å². The molecule has 0 saturated heterocycles. The van der Waals surface area contributed by atoms with Crippen molar-refractivity contribution in [2.75, 3.05) is 33.9 Å². The van der Waals surface area contributed by atoms with Gasteiger partial charge in [0.1, 0.15) is 37.6 Å². The number of ether oxygens (including phenoxy) is 3. The van der Waals surface area contributed by atoms with Crippen molar-refractivity contribution < 1.29 is 38.2 Å². The Hall–Kier alpha value is -2.29. The standard InChI is InChI=1S/C17H23NO8/c1-12(19)8-16(22)24-10-14(11-25-17(23)9-13(2)20)26-15(21)6-5-7-18(3)4/h1-2,14H,5-11H2,3-4H3. The van der Waals surface area contributed by atoms with Crippen molar-refractivity contribution >= 4 is 29.5 Å². The van der Waals surface area contributed by atoms with E-state index in [9.17, 15) is 24.0 Å². The maximum absolute atomic E-state index is 11.8. The Labute approximate surface area is 152 Å². The van der Waals surface area contributed by atoms with E-state index in [-0.39, 0.29) is 6.42 Å². The molecule has 0 fully saturated rings. The SMILES string of the molecule is [CH]C(=O)CC(=O)OCC(COC(=O)CC([CH])=O)OC(=O)CCCN(C)C. The fourth-order valence-corrected chi connectivity index (χ4v) is 1.66. The molecule has 0 aliphatic rings. The molecule has 0 aliphatic carbocycles. The van der Waals surface area contributed by atoms with Crippen LogP contribution in [0, 0.1) is 13.8 Å². The first-order valence-corrected chi connectivity index (χ1v) is 7.82. The Morgan fingerprint density at radius 2 is 1.31 bits per heavy atom. The summed E-state index contributed by atoms with van der Waals surface area (Å²) in [5.74, 6) is -4.14. The van der Waals surface area contributed by atoms with Crippen LogP contribution in [0.5, 0.6) is 0 Å². The third-order valence-electron chi connectivity index (χ3n) is 2.78. The van der Waals surface area contributed by atoms with E-state index in [2.05, 4.69) is 0 Å². The third kappa shape index (κ3) is 14.1. The number of nitrogens with zero attached hydrogens (tertiary/aromatic N) is 1. The van der Waals surface area contributed by atoms with E-state index in [1.54, 1.807) is 0 Å². The van der Waals surface area contributed by atoms with E-state index >= 15 is 0 Å². The molecule has 9 nitrogen and oxygen atoms in total. The van der Waals surface area contributed by atoms with Gasteiger partial charge >= 0.3 is 17.9 Å². The molecule has 0 saturated carbocycles. The third-order valence-corrected chi connectivity index (χ3v) is 2.78. The van der Waals surface area contributed by atoms with Crippen LogP contribution in [0.2, 0.25) is 0 Å². The van der Waals surface area contributed by atoms with Gasteiger partial charge in [0, 0.05) is 20.3 Å². The predicted molar refractivity (Wildman–Crippen MR) is 87.4 cm³/mol. The van der Waals surface area contributed by atoms with Gasteiger partial charge in [-0.3, -0.25) is 24.0 Å². The Balaban J connectivity index is 4.53. The minimum atomic E-state index is -1.09. The van der Waals surface area contributed by atoms with E-state index in [0.717, 1.165) is 0 Å². The van der Waals surface area contributed by atoms with Gasteiger partial charge in [0.25, 0.3) is 0 Å². The molecule has 0 aromatic heterocycles. The van der Waals surface area contributed by atoms with Gasteiger partial charge in [-0.05, 0) is 27.1 Å². The largest absolute Gasteiger partial charge is 0.461 e. The summed E-state index contributed by atoms with van der Waals surface area (Å²) in [7, 11) is 3.70. The zero-order chi connectivity index (χ0) is 20.1. The van der Waals surface area contributed by atoms with Crippen molar-refractivity contribution in [3.8, 4) is 0 Å². The second kappa shape index (κ2) is 13.0. The first-order chi connectivity index (χ1) is 12.1. The zero-order valence-corrected chi connectivity index (χ0v) is 14.9. The monoisotopic (exact) mass is 369 g/mol. The highest BCUT2D eigenvalue weighted by molar-refractivity contribution is 5.98. The van der Waals surface area contributed by atoms with E-state index < -0.39 is 61.6 Å². The van der Waals surface area contributed by atoms with Crippen molar-refractivity contribution in [1.82, 2.24) is 4.90 Å². The van der Waals surface area contributed by atoms with Gasteiger partial charge in [-0.2, -0.15) is 0 Å². The van der Waals surface area contributed by atoms with Crippen LogP contribution in [0.15, 0.2) is 0 Å². The number of ketones is 2. The molecule has 26 heavy (non-hydrogen) atoms. The quantitative estimate of drug-likeness (QED) is 0.244. The van der Waals surface area contributed by atoms with Gasteiger partial charge in [0.15, 0.2) is 6.10 Å². The number of rotatable bonds is 13. The number of esters is 3. The minimum Gasteiger partial charge on any atom is -0.461 e. The molecule has 0 rings (SSSR count). The van der Waals surface area contributed by atoms with Gasteiger partial charge in [0.2, 0.25) is 0 Å². The van der Waals surface area contributed by atoms with E-state index in [0.29, 0.717) is 13.0 Å². The summed E-state index contributed by atoms with van der Waals surface area (Å²) in [5, 5.41) is 0. The van der Waals surface area contributed by atoms with Crippen LogP contribution in [-0.2, 0) is 38.2 Å². The van der Waals surface area contributed by atoms with Crippen molar-refractivity contribution in [3.63, 3.8) is 0 Å². The van der Waals surface area contributed by atoms with Gasteiger partial charge in [-0.15, -0.1) is 0 Å². The number of carbonyl (C=O) groups excluding carboxylic acids is 5. The van der Waals surface area contributed by atoms with Gasteiger partial charge in [-0.1, -0.05) is 0 Å². The highest BCUT2D eigenvalue weighted by Crippen LogP contribution is 2.03. The van der Waals surface area contributed by atoms with Crippen molar-refractivity contribution in [1.29, 1.82) is 0 Å². The number of hydrogen-bond acceptors (Lipinski definition) is 9. The molecule has 4 radical (unpaired) electrons. The predicted octanol–water partition coefficient (Wildman–Crippen LogP) is -0.333. The first kappa shape index (κ1) is 23.7. The highest BCUT2D eigenvalue weighted by Gasteiger charge is 2.20. The lowest BCUT2D eigenvalue weighted by Gasteiger charge is -2.18. The van der Waals surface area contributed by atoms with Crippen LogP contribution in [0.3, 0.4) is 0 Å². The normalized spacial score (nSPS) is 10.5. The van der Waals surface area contributed by atoms with Gasteiger partial charge in [-0.25, -0.2) is 0 Å². The zero-order valence-electron chi connectivity index (χ0n) is 14.9. The van der Waals surface area contributed by atoms with Crippen LogP contribution >= 0.6 is 0 Å². The Bertz CT molecular complexity index is 483. The topological polar surface area (TPSA) is 116 Å². The van der Waals surface area contributed by atoms with Crippen molar-refractivity contribution in [3.05, 3.63) is 13.8 Å². The van der Waals surface area contributed by atoms with Gasteiger partial charge < -0.3 is 19.1 Å². The lowest BCUT2D eigenvalue weighted by Crippen LogP contribution is -2.31. The lowest BCUT2D eigenvalue weighted by molar-refractivity contribution is -0.167. The first-order valence-electron chi connectivity index (χ1n) is 7.82. The number of carbonyl (C=O) groups is 5. The van der Waals surface area contributed by atoms with Crippen molar-refractivity contribution in [2.45, 2.75) is 31.8 Å². The second-order valence-electron chi connectivity index (χ2n) is 5.67. The molecule has 0 amide bonds. The maximum atomic E-state index is 11.8. The highest BCUT2D eigenvalue weighted by atomic mass is 16.6. The molecule has 0 aromatic rings. The number of Topliss-reactive ketones (excluding diaryl/α,β-unsaturated/α-hetero) is 2. The molecular weight excluding hydrogens is 346 g/mol. The maximum Gasteiger partial charge on any atom is 0.313 e. The molecule has 0 unspecified atom stereocenters. The Kier molecular flexibility index (Phi) is 11.8. The molecule has 9 heteroatoms. The summed E-state index contributed by atoms with van der Waals surface area (Å²) >= 11 is 0.